The molecule has 0 heterocycles. The van der Waals surface area contributed by atoms with Crippen molar-refractivity contribution >= 4 is 19.8 Å². The molecule has 0 saturated heterocycles. The van der Waals surface area contributed by atoms with E-state index in [9.17, 15) is 19.0 Å². The third-order valence-corrected chi connectivity index (χ3v) is 10.5. The van der Waals surface area contributed by atoms with Crippen molar-refractivity contribution in [2.75, 3.05) is 47.5 Å². The highest BCUT2D eigenvalue weighted by Crippen LogP contribution is 2.43. The third-order valence-electron chi connectivity index (χ3n) is 9.53. The molecule has 336 valence electrons. The predicted molar refractivity (Wildman–Crippen MR) is 243 cm³/mol. The maximum absolute atomic E-state index is 12.7. The Hall–Kier alpha value is -2.29. The fourth-order valence-corrected chi connectivity index (χ4v) is 6.67. The first-order valence-corrected chi connectivity index (χ1v) is 24.5. The number of rotatable bonds is 41. The van der Waals surface area contributed by atoms with Crippen molar-refractivity contribution in [3.8, 4) is 0 Å². The maximum Gasteiger partial charge on any atom is 0.472 e. The smallest absolute Gasteiger partial charge is 0.462 e. The summed E-state index contributed by atoms with van der Waals surface area (Å²) in [5.41, 5.74) is 0. The number of carbonyl (C=O) groups excluding carboxylic acids is 2. The molecule has 1 N–H and O–H groups in total. The number of allylic oxidation sites excluding steroid dienone is 10. The van der Waals surface area contributed by atoms with Gasteiger partial charge in [-0.1, -0.05) is 158 Å². The van der Waals surface area contributed by atoms with Crippen LogP contribution in [0.3, 0.4) is 0 Å². The molecule has 0 radical (unpaired) electrons. The van der Waals surface area contributed by atoms with Gasteiger partial charge >= 0.3 is 19.8 Å². The van der Waals surface area contributed by atoms with Crippen LogP contribution in [0.15, 0.2) is 60.8 Å². The van der Waals surface area contributed by atoms with Gasteiger partial charge in [0.05, 0.1) is 27.7 Å². The highest BCUT2D eigenvalue weighted by atomic mass is 31.2. The Labute approximate surface area is 356 Å². The lowest BCUT2D eigenvalue weighted by Crippen LogP contribution is -2.37. The molecule has 0 aromatic carbocycles. The van der Waals surface area contributed by atoms with Crippen LogP contribution < -0.4 is 0 Å². The van der Waals surface area contributed by atoms with Crippen LogP contribution >= 0.6 is 7.82 Å². The summed E-state index contributed by atoms with van der Waals surface area (Å²) in [4.78, 5) is 35.4. The number of ether oxygens (including phenoxy) is 2. The van der Waals surface area contributed by atoms with Crippen LogP contribution in [-0.4, -0.2) is 74.9 Å². The van der Waals surface area contributed by atoms with E-state index >= 15 is 0 Å². The van der Waals surface area contributed by atoms with Gasteiger partial charge in [0.2, 0.25) is 0 Å². The number of phosphoric ester groups is 1. The molecule has 0 aliphatic rings. The van der Waals surface area contributed by atoms with Crippen molar-refractivity contribution in [1.82, 2.24) is 0 Å². The third kappa shape index (κ3) is 43.3. The number of unbranched alkanes of at least 4 members (excludes halogenated alkanes) is 17. The summed E-state index contributed by atoms with van der Waals surface area (Å²) in [5.74, 6) is -0.818. The molecule has 10 heteroatoms. The van der Waals surface area contributed by atoms with Gasteiger partial charge in [0, 0.05) is 12.8 Å². The van der Waals surface area contributed by atoms with E-state index < -0.39 is 26.5 Å². The van der Waals surface area contributed by atoms with Crippen LogP contribution in [0.5, 0.6) is 0 Å². The van der Waals surface area contributed by atoms with E-state index in [-0.39, 0.29) is 32.0 Å². The average Bonchev–Trinajstić information content (AvgIpc) is 3.17. The van der Waals surface area contributed by atoms with Crippen LogP contribution in [0.25, 0.3) is 0 Å². The Bertz CT molecular complexity index is 1170. The van der Waals surface area contributed by atoms with E-state index in [1.54, 1.807) is 0 Å². The summed E-state index contributed by atoms with van der Waals surface area (Å²) >= 11 is 0. The number of likely N-dealkylation sites (N-methyl/N-ethyl adjacent to an activating group) is 1. The molecule has 0 aliphatic heterocycles. The Morgan fingerprint density at radius 2 is 0.983 bits per heavy atom. The first-order chi connectivity index (χ1) is 28.0. The van der Waals surface area contributed by atoms with Crippen molar-refractivity contribution in [2.45, 2.75) is 187 Å². The molecule has 9 nitrogen and oxygen atoms in total. The average molecular weight is 837 g/mol. The number of hydrogen-bond acceptors (Lipinski definition) is 7. The summed E-state index contributed by atoms with van der Waals surface area (Å²) in [6.07, 6.45) is 48.4. The molecule has 0 saturated carbocycles. The molecule has 58 heavy (non-hydrogen) atoms. The van der Waals surface area contributed by atoms with Gasteiger partial charge in [0.1, 0.15) is 19.8 Å². The van der Waals surface area contributed by atoms with Crippen LogP contribution in [-0.2, 0) is 32.7 Å². The molecule has 0 aliphatic carbocycles. The van der Waals surface area contributed by atoms with Gasteiger partial charge in [-0.05, 0) is 70.6 Å². The van der Waals surface area contributed by atoms with Gasteiger partial charge in [-0.3, -0.25) is 18.6 Å². The number of esters is 2. The van der Waals surface area contributed by atoms with Crippen LogP contribution in [0.4, 0.5) is 0 Å². The Kier molecular flexibility index (Phi) is 38.5. The summed E-state index contributed by atoms with van der Waals surface area (Å²) in [6.45, 7) is 4.25. The lowest BCUT2D eigenvalue weighted by Gasteiger charge is -2.24. The lowest BCUT2D eigenvalue weighted by atomic mass is 10.0. The summed E-state index contributed by atoms with van der Waals surface area (Å²) < 4.78 is 34.3. The minimum absolute atomic E-state index is 0.0274. The highest BCUT2D eigenvalue weighted by Gasteiger charge is 2.27. The Morgan fingerprint density at radius 1 is 0.552 bits per heavy atom. The van der Waals surface area contributed by atoms with Crippen molar-refractivity contribution < 1.29 is 42.1 Å². The molecular formula is C48H87NO8P+. The molecule has 0 spiro atoms. The quantitative estimate of drug-likeness (QED) is 0.0213. The normalized spacial score (nSPS) is 14.1. The number of phosphoric acid groups is 1. The number of carbonyl (C=O) groups is 2. The lowest BCUT2D eigenvalue weighted by molar-refractivity contribution is -0.870. The van der Waals surface area contributed by atoms with Gasteiger partial charge in [-0.25, -0.2) is 4.57 Å². The molecule has 0 aromatic rings. The summed E-state index contributed by atoms with van der Waals surface area (Å²) in [7, 11) is 1.46. The summed E-state index contributed by atoms with van der Waals surface area (Å²) in [6, 6.07) is 0. The Balaban J connectivity index is 4.27. The van der Waals surface area contributed by atoms with E-state index in [1.807, 2.05) is 21.1 Å². The van der Waals surface area contributed by atoms with Crippen LogP contribution in [0, 0.1) is 0 Å². The largest absolute Gasteiger partial charge is 0.472 e. The van der Waals surface area contributed by atoms with E-state index in [0.29, 0.717) is 17.4 Å². The standard InChI is InChI=1S/C48H86NO8P/c1-6-8-10-12-14-16-18-19-20-21-22-23-24-25-26-27-28-29-31-33-35-37-39-41-48(51)57-46(45-56-58(52,53)55-43-42-49(3,4)5)44-54-47(50)40-38-36-34-32-30-17-15-13-11-9-7-2/h8,10,13-16,19-20,22-23,46H,6-7,9,11-12,17-18,21,24-45H2,1-5H3/p+1/b10-8-,15-13-,16-14-,20-19-,23-22-. The first kappa shape index (κ1) is 55.7. The van der Waals surface area contributed by atoms with Gasteiger partial charge in [0.25, 0.3) is 0 Å². The van der Waals surface area contributed by atoms with Crippen molar-refractivity contribution in [1.29, 1.82) is 0 Å². The highest BCUT2D eigenvalue weighted by molar-refractivity contribution is 7.47. The Morgan fingerprint density at radius 3 is 1.48 bits per heavy atom. The van der Waals surface area contributed by atoms with Crippen LogP contribution in [0.2, 0.25) is 0 Å². The molecular weight excluding hydrogens is 750 g/mol. The van der Waals surface area contributed by atoms with Gasteiger partial charge in [-0.15, -0.1) is 0 Å². The molecule has 0 fully saturated rings. The van der Waals surface area contributed by atoms with E-state index in [2.05, 4.69) is 74.6 Å². The van der Waals surface area contributed by atoms with Crippen molar-refractivity contribution in [2.24, 2.45) is 0 Å². The first-order valence-electron chi connectivity index (χ1n) is 23.0. The number of quaternary nitrogens is 1. The van der Waals surface area contributed by atoms with E-state index in [0.717, 1.165) is 96.3 Å². The zero-order valence-electron chi connectivity index (χ0n) is 37.8. The molecule has 2 unspecified atom stereocenters. The predicted octanol–water partition coefficient (Wildman–Crippen LogP) is 13.2. The van der Waals surface area contributed by atoms with Crippen molar-refractivity contribution in [3.63, 3.8) is 0 Å². The number of nitrogens with zero attached hydrogens (tertiary/aromatic N) is 1. The molecule has 0 bridgehead atoms. The second-order valence-corrected chi connectivity index (χ2v) is 17.9. The maximum atomic E-state index is 12.7. The second-order valence-electron chi connectivity index (χ2n) is 16.4. The monoisotopic (exact) mass is 837 g/mol. The molecule has 0 amide bonds. The van der Waals surface area contributed by atoms with Gasteiger partial charge < -0.3 is 18.9 Å². The van der Waals surface area contributed by atoms with E-state index in [1.165, 1.54) is 51.4 Å². The number of hydrogen-bond donors (Lipinski definition) is 1. The second kappa shape index (κ2) is 40.1. The minimum Gasteiger partial charge on any atom is -0.462 e. The molecule has 0 rings (SSSR count). The van der Waals surface area contributed by atoms with Gasteiger partial charge in [0.15, 0.2) is 6.10 Å². The fourth-order valence-electron chi connectivity index (χ4n) is 5.93. The van der Waals surface area contributed by atoms with Crippen LogP contribution in [0.1, 0.15) is 181 Å². The fraction of sp³-hybridized carbons (Fsp3) is 0.750. The van der Waals surface area contributed by atoms with E-state index in [4.69, 9.17) is 18.5 Å². The molecule has 2 atom stereocenters. The molecule has 0 aromatic heterocycles. The minimum atomic E-state index is -4.38. The zero-order valence-corrected chi connectivity index (χ0v) is 38.7. The SMILES string of the molecule is CC/C=C\C/C=C\C/C=C\C/C=C\CCCCCCCCCCCCC(=O)OC(COC(=O)CCCCCCC/C=C\CCCC)COP(=O)(O)OCC[N+](C)(C)C. The zero-order chi connectivity index (χ0) is 42.8. The van der Waals surface area contributed by atoms with Gasteiger partial charge in [-0.2, -0.15) is 0 Å². The topological polar surface area (TPSA) is 108 Å². The summed E-state index contributed by atoms with van der Waals surface area (Å²) in [5, 5.41) is 0. The van der Waals surface area contributed by atoms with Crippen molar-refractivity contribution in [3.05, 3.63) is 60.8 Å².